The first-order valence-corrected chi connectivity index (χ1v) is 6.53. The van der Waals surface area contributed by atoms with Crippen LogP contribution in [-0.4, -0.2) is 5.88 Å². The average molecular weight is 217 g/mol. The minimum atomic E-state index is 0.476. The Kier molecular flexibility index (Phi) is 3.91. The maximum Gasteiger partial charge on any atom is 0.0279 e. The van der Waals surface area contributed by atoms with E-state index in [4.69, 9.17) is 11.6 Å². The lowest BCUT2D eigenvalue weighted by atomic mass is 9.64. The lowest BCUT2D eigenvalue weighted by Crippen LogP contribution is -2.33. The van der Waals surface area contributed by atoms with Crippen molar-refractivity contribution < 1.29 is 0 Å². The highest BCUT2D eigenvalue weighted by molar-refractivity contribution is 6.18. The highest BCUT2D eigenvalue weighted by Gasteiger charge is 2.36. The summed E-state index contributed by atoms with van der Waals surface area (Å²) in [5, 5.41) is 0. The van der Waals surface area contributed by atoms with Crippen molar-refractivity contribution in [2.75, 3.05) is 5.88 Å². The summed E-state index contributed by atoms with van der Waals surface area (Å²) in [6.45, 7) is 9.41. The van der Waals surface area contributed by atoms with Gasteiger partial charge in [0.2, 0.25) is 0 Å². The van der Waals surface area contributed by atoms with Crippen LogP contribution in [-0.2, 0) is 0 Å². The van der Waals surface area contributed by atoms with Crippen LogP contribution in [0.1, 0.15) is 59.8 Å². The predicted octanol–water partition coefficient (Wildman–Crippen LogP) is 4.86. The molecule has 0 N–H and O–H groups in total. The van der Waals surface area contributed by atoms with Gasteiger partial charge >= 0.3 is 0 Å². The van der Waals surface area contributed by atoms with E-state index in [1.807, 2.05) is 0 Å². The number of halogens is 1. The lowest BCUT2D eigenvalue weighted by Gasteiger charge is -2.43. The molecule has 0 spiro atoms. The van der Waals surface area contributed by atoms with Gasteiger partial charge in [0.25, 0.3) is 0 Å². The van der Waals surface area contributed by atoms with Crippen LogP contribution in [0.4, 0.5) is 0 Å². The summed E-state index contributed by atoms with van der Waals surface area (Å²) in [7, 11) is 0. The van der Waals surface area contributed by atoms with Crippen molar-refractivity contribution in [1.29, 1.82) is 0 Å². The highest BCUT2D eigenvalue weighted by Crippen LogP contribution is 2.47. The second-order valence-electron chi connectivity index (χ2n) is 6.13. The van der Waals surface area contributed by atoms with Crippen LogP contribution in [0.25, 0.3) is 0 Å². The van der Waals surface area contributed by atoms with Gasteiger partial charge in [0.05, 0.1) is 0 Å². The molecule has 0 amide bonds. The largest absolute Gasteiger partial charge is 0.126 e. The van der Waals surface area contributed by atoms with Crippen LogP contribution in [0, 0.1) is 16.7 Å². The Balaban J connectivity index is 2.53. The molecule has 0 bridgehead atoms. The summed E-state index contributed by atoms with van der Waals surface area (Å²) in [4.78, 5) is 0. The van der Waals surface area contributed by atoms with Gasteiger partial charge in [0, 0.05) is 5.88 Å². The molecule has 1 fully saturated rings. The molecule has 1 rings (SSSR count). The van der Waals surface area contributed by atoms with Crippen LogP contribution in [0.3, 0.4) is 0 Å². The summed E-state index contributed by atoms with van der Waals surface area (Å²) < 4.78 is 0. The van der Waals surface area contributed by atoms with Crippen LogP contribution in [0.5, 0.6) is 0 Å². The fraction of sp³-hybridized carbons (Fsp3) is 1.00. The fourth-order valence-electron chi connectivity index (χ4n) is 2.68. The molecule has 0 unspecified atom stereocenters. The van der Waals surface area contributed by atoms with Crippen molar-refractivity contribution in [2.45, 2.75) is 59.8 Å². The topological polar surface area (TPSA) is 0 Å². The molecule has 1 aliphatic rings. The third kappa shape index (κ3) is 2.66. The van der Waals surface area contributed by atoms with Gasteiger partial charge in [-0.15, -0.1) is 11.6 Å². The van der Waals surface area contributed by atoms with Gasteiger partial charge in [-0.05, 0) is 48.9 Å². The maximum atomic E-state index is 6.10. The highest BCUT2D eigenvalue weighted by atomic mass is 35.5. The van der Waals surface area contributed by atoms with Gasteiger partial charge in [0.1, 0.15) is 0 Å². The summed E-state index contributed by atoms with van der Waals surface area (Å²) in [5.41, 5.74) is 0.968. The molecule has 0 aromatic heterocycles. The van der Waals surface area contributed by atoms with Gasteiger partial charge in [-0.3, -0.25) is 0 Å². The Bertz CT molecular complexity index is 164. The van der Waals surface area contributed by atoms with E-state index in [0.29, 0.717) is 10.8 Å². The molecule has 1 heteroatoms. The number of hydrogen-bond acceptors (Lipinski definition) is 0. The molecule has 0 nitrogen and oxygen atoms in total. The van der Waals surface area contributed by atoms with Gasteiger partial charge in [-0.25, -0.2) is 0 Å². The van der Waals surface area contributed by atoms with Gasteiger partial charge < -0.3 is 0 Å². The molecule has 0 aromatic rings. The van der Waals surface area contributed by atoms with E-state index in [9.17, 15) is 0 Å². The second-order valence-corrected chi connectivity index (χ2v) is 6.39. The van der Waals surface area contributed by atoms with Crippen molar-refractivity contribution in [3.63, 3.8) is 0 Å². The van der Waals surface area contributed by atoms with Crippen molar-refractivity contribution in [3.05, 3.63) is 0 Å². The summed E-state index contributed by atoms with van der Waals surface area (Å²) >= 11 is 6.10. The van der Waals surface area contributed by atoms with E-state index in [1.54, 1.807) is 0 Å². The third-order valence-corrected chi connectivity index (χ3v) is 4.87. The van der Waals surface area contributed by atoms with E-state index >= 15 is 0 Å². The predicted molar refractivity (Wildman–Crippen MR) is 64.9 cm³/mol. The third-order valence-electron chi connectivity index (χ3n) is 4.30. The molecule has 1 saturated carbocycles. The van der Waals surface area contributed by atoms with Gasteiger partial charge in [0.15, 0.2) is 0 Å². The van der Waals surface area contributed by atoms with Gasteiger partial charge in [-0.2, -0.15) is 0 Å². The van der Waals surface area contributed by atoms with E-state index in [0.717, 1.165) is 11.8 Å². The molecule has 0 saturated heterocycles. The van der Waals surface area contributed by atoms with E-state index in [-0.39, 0.29) is 0 Å². The number of hydrogen-bond donors (Lipinski definition) is 0. The van der Waals surface area contributed by atoms with Crippen LogP contribution < -0.4 is 0 Å². The minimum Gasteiger partial charge on any atom is -0.126 e. The molecule has 84 valence electrons. The monoisotopic (exact) mass is 216 g/mol. The van der Waals surface area contributed by atoms with Crippen LogP contribution >= 0.6 is 11.6 Å². The quantitative estimate of drug-likeness (QED) is 0.579. The standard InChI is InChI=1S/C13H25Cl/c1-5-13(10-14)8-6-11(7-9-13)12(2,3)4/h11H,5-10H2,1-4H3. The Labute approximate surface area is 94.4 Å². The first-order valence-electron chi connectivity index (χ1n) is 5.99. The summed E-state index contributed by atoms with van der Waals surface area (Å²) in [5.74, 6) is 1.77. The number of rotatable bonds is 2. The zero-order chi connectivity index (χ0) is 10.8. The summed E-state index contributed by atoms with van der Waals surface area (Å²) in [6, 6.07) is 0. The smallest absolute Gasteiger partial charge is 0.0279 e. The van der Waals surface area contributed by atoms with E-state index in [1.165, 1.54) is 32.1 Å². The SMILES string of the molecule is CCC1(CCl)CCC(C(C)(C)C)CC1. The Hall–Kier alpha value is 0.290. The Morgan fingerprint density at radius 1 is 1.21 bits per heavy atom. The lowest BCUT2D eigenvalue weighted by molar-refractivity contribution is 0.0991. The normalized spacial score (nSPS) is 34.5. The second kappa shape index (κ2) is 4.43. The van der Waals surface area contributed by atoms with Crippen LogP contribution in [0.2, 0.25) is 0 Å². The minimum absolute atomic E-state index is 0.476. The molecule has 0 aliphatic heterocycles. The van der Waals surface area contributed by atoms with Crippen LogP contribution in [0.15, 0.2) is 0 Å². The Morgan fingerprint density at radius 2 is 1.71 bits per heavy atom. The number of alkyl halides is 1. The van der Waals surface area contributed by atoms with Gasteiger partial charge in [-0.1, -0.05) is 27.7 Å². The average Bonchev–Trinajstić information content (AvgIpc) is 2.16. The molecule has 0 radical (unpaired) electrons. The van der Waals surface area contributed by atoms with E-state index < -0.39 is 0 Å². The zero-order valence-corrected chi connectivity index (χ0v) is 11.0. The summed E-state index contributed by atoms with van der Waals surface area (Å²) in [6.07, 6.45) is 6.70. The molecule has 0 aromatic carbocycles. The van der Waals surface area contributed by atoms with Crippen molar-refractivity contribution >= 4 is 11.6 Å². The Morgan fingerprint density at radius 3 is 2.00 bits per heavy atom. The molecular formula is C13H25Cl. The maximum absolute atomic E-state index is 6.10. The molecule has 14 heavy (non-hydrogen) atoms. The van der Waals surface area contributed by atoms with E-state index in [2.05, 4.69) is 27.7 Å². The first kappa shape index (κ1) is 12.4. The molecular weight excluding hydrogens is 192 g/mol. The first-order chi connectivity index (χ1) is 6.43. The molecule has 0 heterocycles. The van der Waals surface area contributed by atoms with Crippen molar-refractivity contribution in [3.8, 4) is 0 Å². The molecule has 1 aliphatic carbocycles. The van der Waals surface area contributed by atoms with Crippen molar-refractivity contribution in [2.24, 2.45) is 16.7 Å². The molecule has 0 atom stereocenters. The van der Waals surface area contributed by atoms with Crippen molar-refractivity contribution in [1.82, 2.24) is 0 Å². The zero-order valence-electron chi connectivity index (χ0n) is 10.2. The fourth-order valence-corrected chi connectivity index (χ4v) is 3.13.